The maximum atomic E-state index is 12.0. The fourth-order valence-electron chi connectivity index (χ4n) is 3.02. The fourth-order valence-corrected chi connectivity index (χ4v) is 4.62. The van der Waals surface area contributed by atoms with E-state index >= 15 is 0 Å². The van der Waals surface area contributed by atoms with Crippen LogP contribution >= 0.6 is 23.6 Å². The quantitative estimate of drug-likeness (QED) is 0.438. The number of nitrogens with two attached hydrogens (primary N) is 1. The maximum absolute atomic E-state index is 12.0. The highest BCUT2D eigenvalue weighted by Gasteiger charge is 2.28. The molecular formula is C18H21N4O3S2+. The van der Waals surface area contributed by atoms with Gasteiger partial charge in [-0.15, -0.1) is 11.3 Å². The van der Waals surface area contributed by atoms with Gasteiger partial charge in [-0.25, -0.2) is 0 Å². The van der Waals surface area contributed by atoms with Crippen LogP contribution in [0, 0.1) is 0 Å². The predicted molar refractivity (Wildman–Crippen MR) is 109 cm³/mol. The van der Waals surface area contributed by atoms with Gasteiger partial charge in [0.05, 0.1) is 29.8 Å². The van der Waals surface area contributed by atoms with Crippen LogP contribution in [0.1, 0.15) is 33.5 Å². The Morgan fingerprint density at radius 3 is 2.96 bits per heavy atom. The van der Waals surface area contributed by atoms with Crippen molar-refractivity contribution in [3.8, 4) is 0 Å². The summed E-state index contributed by atoms with van der Waals surface area (Å²) >= 11 is 6.68. The molecule has 0 aromatic carbocycles. The number of amides is 2. The number of primary amides is 1. The molecule has 0 saturated heterocycles. The van der Waals surface area contributed by atoms with E-state index in [1.54, 1.807) is 18.2 Å². The molecule has 2 aromatic heterocycles. The zero-order chi connectivity index (χ0) is 19.4. The lowest BCUT2D eigenvalue weighted by Crippen LogP contribution is -3.11. The molecule has 1 aliphatic rings. The van der Waals surface area contributed by atoms with Gasteiger partial charge in [0.2, 0.25) is 5.91 Å². The summed E-state index contributed by atoms with van der Waals surface area (Å²) in [5, 5.41) is 6.22. The van der Waals surface area contributed by atoms with E-state index in [0.717, 1.165) is 36.5 Å². The molecule has 0 radical (unpaired) electrons. The monoisotopic (exact) mass is 405 g/mol. The second-order valence-electron chi connectivity index (χ2n) is 6.14. The smallest absolute Gasteiger partial charge is 0.252 e. The van der Waals surface area contributed by atoms with Gasteiger partial charge in [0.15, 0.2) is 5.11 Å². The Morgan fingerprint density at radius 2 is 2.30 bits per heavy atom. The summed E-state index contributed by atoms with van der Waals surface area (Å²) in [5.74, 6) is -0.316. The summed E-state index contributed by atoms with van der Waals surface area (Å²) in [5.41, 5.74) is 7.08. The SMILES string of the molecule is CC[NH+]1CCc2c(sc(NC(=S)NC(=O)/C=C/c3ccco3)c2C(N)=O)C1. The maximum Gasteiger partial charge on any atom is 0.252 e. The van der Waals surface area contributed by atoms with Crippen molar-refractivity contribution in [2.75, 3.05) is 18.4 Å². The average molecular weight is 406 g/mol. The first-order valence-corrected chi connectivity index (χ1v) is 9.81. The topological polar surface area (TPSA) is 102 Å². The molecule has 1 unspecified atom stereocenters. The van der Waals surface area contributed by atoms with Crippen LogP contribution in [0.3, 0.4) is 0 Å². The molecule has 1 aliphatic heterocycles. The lowest BCUT2D eigenvalue weighted by Gasteiger charge is -2.22. The van der Waals surface area contributed by atoms with Crippen molar-refractivity contribution in [3.63, 3.8) is 0 Å². The number of hydrogen-bond acceptors (Lipinski definition) is 5. The van der Waals surface area contributed by atoms with Gasteiger partial charge in [0, 0.05) is 12.5 Å². The van der Waals surface area contributed by atoms with Crippen LogP contribution in [-0.4, -0.2) is 30.0 Å². The van der Waals surface area contributed by atoms with Crippen LogP contribution in [0.5, 0.6) is 0 Å². The summed E-state index contributed by atoms with van der Waals surface area (Å²) in [6, 6.07) is 3.46. The second-order valence-corrected chi connectivity index (χ2v) is 7.66. The molecule has 2 aromatic rings. The van der Waals surface area contributed by atoms with Crippen LogP contribution in [0.25, 0.3) is 6.08 Å². The summed E-state index contributed by atoms with van der Waals surface area (Å²) < 4.78 is 5.12. The first-order valence-electron chi connectivity index (χ1n) is 8.59. The zero-order valence-corrected chi connectivity index (χ0v) is 16.5. The molecule has 0 saturated carbocycles. The molecular weight excluding hydrogens is 384 g/mol. The Labute approximate surface area is 166 Å². The molecule has 7 nitrogen and oxygen atoms in total. The van der Waals surface area contributed by atoms with Gasteiger partial charge >= 0.3 is 0 Å². The van der Waals surface area contributed by atoms with E-state index < -0.39 is 11.8 Å². The minimum Gasteiger partial charge on any atom is -0.465 e. The van der Waals surface area contributed by atoms with Crippen LogP contribution in [0.15, 0.2) is 28.9 Å². The van der Waals surface area contributed by atoms with Crippen LogP contribution in [0.4, 0.5) is 5.00 Å². The number of thiocarbonyl (C=S) groups is 1. The highest BCUT2D eigenvalue weighted by atomic mass is 32.1. The molecule has 0 fully saturated rings. The van der Waals surface area contributed by atoms with Gasteiger partial charge in [-0.3, -0.25) is 14.9 Å². The van der Waals surface area contributed by atoms with Crippen molar-refractivity contribution in [3.05, 3.63) is 46.2 Å². The van der Waals surface area contributed by atoms with Crippen molar-refractivity contribution in [2.24, 2.45) is 5.73 Å². The Hall–Kier alpha value is -2.49. The Morgan fingerprint density at radius 1 is 1.48 bits per heavy atom. The van der Waals surface area contributed by atoms with Crippen LogP contribution in [-0.2, 0) is 17.8 Å². The third-order valence-electron chi connectivity index (χ3n) is 4.38. The summed E-state index contributed by atoms with van der Waals surface area (Å²) in [7, 11) is 0. The van der Waals surface area contributed by atoms with E-state index in [0.29, 0.717) is 16.3 Å². The van der Waals surface area contributed by atoms with Crippen molar-refractivity contribution in [1.82, 2.24) is 5.32 Å². The zero-order valence-electron chi connectivity index (χ0n) is 14.8. The van der Waals surface area contributed by atoms with E-state index in [-0.39, 0.29) is 5.11 Å². The molecule has 142 valence electrons. The largest absolute Gasteiger partial charge is 0.465 e. The first kappa shape index (κ1) is 19.3. The Kier molecular flexibility index (Phi) is 6.04. The van der Waals surface area contributed by atoms with E-state index in [2.05, 4.69) is 17.6 Å². The molecule has 27 heavy (non-hydrogen) atoms. The van der Waals surface area contributed by atoms with Gasteiger partial charge in [-0.1, -0.05) is 0 Å². The molecule has 5 N–H and O–H groups in total. The van der Waals surface area contributed by atoms with Gasteiger partial charge in [0.1, 0.15) is 17.3 Å². The normalized spacial score (nSPS) is 16.1. The number of thiophene rings is 1. The van der Waals surface area contributed by atoms with Gasteiger partial charge in [0.25, 0.3) is 5.91 Å². The molecule has 9 heteroatoms. The first-order chi connectivity index (χ1) is 13.0. The number of furan rings is 1. The number of fused-ring (bicyclic) bond motifs is 1. The lowest BCUT2D eigenvalue weighted by molar-refractivity contribution is -0.913. The lowest BCUT2D eigenvalue weighted by atomic mass is 10.0. The number of likely N-dealkylation sites (N-methyl/N-ethyl adjacent to an activating group) is 1. The van der Waals surface area contributed by atoms with Gasteiger partial charge in [-0.2, -0.15) is 0 Å². The molecule has 3 rings (SSSR count). The minimum atomic E-state index is -0.484. The van der Waals surface area contributed by atoms with Crippen molar-refractivity contribution in [1.29, 1.82) is 0 Å². The summed E-state index contributed by atoms with van der Waals surface area (Å²) in [4.78, 5) is 26.6. The molecule has 3 heterocycles. The molecule has 1 atom stereocenters. The predicted octanol–water partition coefficient (Wildman–Crippen LogP) is 0.927. The van der Waals surface area contributed by atoms with Gasteiger partial charge < -0.3 is 20.4 Å². The number of carbonyl (C=O) groups is 2. The number of anilines is 1. The summed E-state index contributed by atoms with van der Waals surface area (Å²) in [6.07, 6.45) is 5.19. The third-order valence-corrected chi connectivity index (χ3v) is 5.73. The standard InChI is InChI=1S/C18H20N4O3S2/c1-2-22-8-7-12-13(10-22)27-17(15(12)16(19)24)21-18(26)20-14(23)6-5-11-4-3-9-25-11/h3-6,9H,2,7-8,10H2,1H3,(H2,19,24)(H2,20,21,23,26)/p+1/b6-5+. The van der Waals surface area contributed by atoms with Crippen LogP contribution in [0.2, 0.25) is 0 Å². The highest BCUT2D eigenvalue weighted by Crippen LogP contribution is 2.34. The van der Waals surface area contributed by atoms with Crippen molar-refractivity contribution >= 4 is 51.6 Å². The highest BCUT2D eigenvalue weighted by molar-refractivity contribution is 7.80. The Balaban J connectivity index is 1.69. The molecule has 0 bridgehead atoms. The van der Waals surface area contributed by atoms with E-state index in [9.17, 15) is 9.59 Å². The average Bonchev–Trinajstić information content (AvgIpc) is 3.26. The van der Waals surface area contributed by atoms with E-state index in [4.69, 9.17) is 22.4 Å². The number of rotatable bonds is 5. The van der Waals surface area contributed by atoms with Gasteiger partial charge in [-0.05, 0) is 42.9 Å². The van der Waals surface area contributed by atoms with Crippen LogP contribution < -0.4 is 21.3 Å². The molecule has 0 spiro atoms. The molecule has 2 amide bonds. The molecule has 0 aliphatic carbocycles. The number of carbonyl (C=O) groups excluding carboxylic acids is 2. The minimum absolute atomic E-state index is 0.116. The number of hydrogen-bond donors (Lipinski definition) is 4. The number of nitrogens with one attached hydrogen (secondary N) is 3. The second kappa shape index (κ2) is 8.47. The van der Waals surface area contributed by atoms with E-state index in [1.807, 2.05) is 0 Å². The van der Waals surface area contributed by atoms with Crippen molar-refractivity contribution < 1.29 is 18.9 Å². The van der Waals surface area contributed by atoms with Crippen molar-refractivity contribution in [2.45, 2.75) is 19.9 Å². The summed E-state index contributed by atoms with van der Waals surface area (Å²) in [6.45, 7) is 5.01. The number of quaternary nitrogens is 1. The fraction of sp³-hybridized carbons (Fsp3) is 0.278. The third kappa shape index (κ3) is 4.62. The Bertz CT molecular complexity index is 887. The van der Waals surface area contributed by atoms with E-state index in [1.165, 1.54) is 28.6 Å².